The first-order chi connectivity index (χ1) is 7.50. The highest BCUT2D eigenvalue weighted by molar-refractivity contribution is 5.88. The molecule has 0 aromatic heterocycles. The summed E-state index contributed by atoms with van der Waals surface area (Å²) < 4.78 is 5.33. The minimum Gasteiger partial charge on any atom is -0.444 e. The van der Waals surface area contributed by atoms with Crippen molar-refractivity contribution in [2.24, 2.45) is 5.41 Å². The maximum atomic E-state index is 12.0. The molecule has 0 spiro atoms. The number of amides is 1. The Morgan fingerprint density at radius 2 is 1.76 bits per heavy atom. The van der Waals surface area contributed by atoms with Crippen molar-refractivity contribution >= 4 is 11.9 Å². The number of Topliss-reactive ketones (excluding diaryl/α,β-unsaturated/α-hetero) is 1. The van der Waals surface area contributed by atoms with Crippen LogP contribution in [0.15, 0.2) is 0 Å². The monoisotopic (exact) mass is 241 g/mol. The average molecular weight is 241 g/mol. The fraction of sp³-hybridized carbons (Fsp3) is 0.846. The van der Waals surface area contributed by atoms with Gasteiger partial charge in [0.1, 0.15) is 5.60 Å². The Labute approximate surface area is 103 Å². The topological polar surface area (TPSA) is 46.6 Å². The Bertz CT molecular complexity index is 323. The highest BCUT2D eigenvalue weighted by atomic mass is 16.6. The number of ketones is 1. The molecular formula is C13H23NO3. The predicted octanol–water partition coefficient (Wildman–Crippen LogP) is 2.61. The molecule has 0 N–H and O–H groups in total. The summed E-state index contributed by atoms with van der Waals surface area (Å²) in [6, 6.07) is -0.0650. The van der Waals surface area contributed by atoms with Gasteiger partial charge in [0.2, 0.25) is 0 Å². The molecule has 17 heavy (non-hydrogen) atoms. The van der Waals surface area contributed by atoms with E-state index in [9.17, 15) is 9.59 Å². The van der Waals surface area contributed by atoms with Crippen LogP contribution in [0.5, 0.6) is 0 Å². The fourth-order valence-corrected chi connectivity index (χ4v) is 1.98. The summed E-state index contributed by atoms with van der Waals surface area (Å²) >= 11 is 0. The van der Waals surface area contributed by atoms with E-state index in [-0.39, 0.29) is 29.9 Å². The number of hydrogen-bond acceptors (Lipinski definition) is 3. The molecule has 1 aliphatic rings. The second-order valence-corrected chi connectivity index (χ2v) is 6.73. The Hall–Kier alpha value is -1.06. The highest BCUT2D eigenvalue weighted by Gasteiger charge is 2.42. The molecule has 0 bridgehead atoms. The standard InChI is InChI=1S/C13H23NO3/c1-12(2,3)10-7-9(15)8-14(10)11(16)17-13(4,5)6/h10H,7-8H2,1-6H3. The largest absolute Gasteiger partial charge is 0.444 e. The van der Waals surface area contributed by atoms with Gasteiger partial charge in [0, 0.05) is 12.5 Å². The number of hydrogen-bond donors (Lipinski definition) is 0. The van der Waals surface area contributed by atoms with Gasteiger partial charge in [-0.05, 0) is 26.2 Å². The van der Waals surface area contributed by atoms with Crippen molar-refractivity contribution in [1.29, 1.82) is 0 Å². The number of ether oxygens (including phenoxy) is 1. The van der Waals surface area contributed by atoms with Crippen LogP contribution in [-0.4, -0.2) is 35.0 Å². The molecule has 0 saturated carbocycles. The van der Waals surface area contributed by atoms with E-state index >= 15 is 0 Å². The van der Waals surface area contributed by atoms with E-state index < -0.39 is 5.60 Å². The minimum atomic E-state index is -0.523. The van der Waals surface area contributed by atoms with Gasteiger partial charge in [0.05, 0.1) is 6.54 Å². The fourth-order valence-electron chi connectivity index (χ4n) is 1.98. The molecule has 98 valence electrons. The lowest BCUT2D eigenvalue weighted by Crippen LogP contribution is -2.45. The molecule has 1 saturated heterocycles. The Morgan fingerprint density at radius 1 is 1.24 bits per heavy atom. The van der Waals surface area contributed by atoms with Crippen molar-refractivity contribution < 1.29 is 14.3 Å². The van der Waals surface area contributed by atoms with Crippen molar-refractivity contribution in [3.8, 4) is 0 Å². The van der Waals surface area contributed by atoms with E-state index in [0.29, 0.717) is 6.42 Å². The first-order valence-electron chi connectivity index (χ1n) is 6.02. The van der Waals surface area contributed by atoms with Crippen LogP contribution in [0.2, 0.25) is 0 Å². The molecule has 0 aromatic carbocycles. The minimum absolute atomic E-state index is 0.0650. The molecule has 1 rings (SSSR count). The zero-order valence-electron chi connectivity index (χ0n) is 11.7. The van der Waals surface area contributed by atoms with E-state index in [0.717, 1.165) is 0 Å². The van der Waals surface area contributed by atoms with Gasteiger partial charge >= 0.3 is 6.09 Å². The third kappa shape index (κ3) is 3.72. The quantitative estimate of drug-likeness (QED) is 0.655. The van der Waals surface area contributed by atoms with Gasteiger partial charge in [-0.2, -0.15) is 0 Å². The second-order valence-electron chi connectivity index (χ2n) is 6.73. The second kappa shape index (κ2) is 4.31. The van der Waals surface area contributed by atoms with Crippen molar-refractivity contribution in [2.45, 2.75) is 59.6 Å². The molecular weight excluding hydrogens is 218 g/mol. The summed E-state index contributed by atoms with van der Waals surface area (Å²) in [5.41, 5.74) is -0.631. The summed E-state index contributed by atoms with van der Waals surface area (Å²) in [4.78, 5) is 25.1. The smallest absolute Gasteiger partial charge is 0.410 e. The maximum absolute atomic E-state index is 12.0. The molecule has 1 fully saturated rings. The molecule has 1 aliphatic heterocycles. The van der Waals surface area contributed by atoms with Crippen LogP contribution in [0, 0.1) is 5.41 Å². The number of rotatable bonds is 0. The summed E-state index contributed by atoms with van der Waals surface area (Å²) in [6.45, 7) is 11.8. The van der Waals surface area contributed by atoms with Gasteiger partial charge in [-0.3, -0.25) is 9.69 Å². The van der Waals surface area contributed by atoms with Gasteiger partial charge in [-0.25, -0.2) is 4.79 Å². The lowest BCUT2D eigenvalue weighted by Gasteiger charge is -2.35. The number of likely N-dealkylation sites (tertiary alicyclic amines) is 1. The van der Waals surface area contributed by atoms with Crippen LogP contribution in [0.3, 0.4) is 0 Å². The number of carbonyl (C=O) groups excluding carboxylic acids is 2. The SMILES string of the molecule is CC(C)(C)OC(=O)N1CC(=O)CC1C(C)(C)C. The average Bonchev–Trinajstić information content (AvgIpc) is 2.43. The van der Waals surface area contributed by atoms with E-state index in [1.807, 2.05) is 41.5 Å². The number of nitrogens with zero attached hydrogens (tertiary/aromatic N) is 1. The Morgan fingerprint density at radius 3 is 2.18 bits per heavy atom. The molecule has 1 heterocycles. The maximum Gasteiger partial charge on any atom is 0.410 e. The summed E-state index contributed by atoms with van der Waals surface area (Å²) in [5.74, 6) is 0.107. The van der Waals surface area contributed by atoms with Crippen molar-refractivity contribution in [2.75, 3.05) is 6.54 Å². The third-order valence-electron chi connectivity index (χ3n) is 2.77. The first kappa shape index (κ1) is 14.0. The van der Waals surface area contributed by atoms with E-state index in [2.05, 4.69) is 0 Å². The van der Waals surface area contributed by atoms with Gasteiger partial charge in [-0.1, -0.05) is 20.8 Å². The zero-order valence-corrected chi connectivity index (χ0v) is 11.7. The molecule has 0 aromatic rings. The molecule has 4 heteroatoms. The van der Waals surface area contributed by atoms with Crippen LogP contribution in [0.25, 0.3) is 0 Å². The van der Waals surface area contributed by atoms with E-state index in [4.69, 9.17) is 4.74 Å². The lowest BCUT2D eigenvalue weighted by atomic mass is 9.85. The van der Waals surface area contributed by atoms with Gasteiger partial charge < -0.3 is 4.74 Å². The van der Waals surface area contributed by atoms with Crippen LogP contribution in [-0.2, 0) is 9.53 Å². The normalized spacial score (nSPS) is 21.9. The first-order valence-corrected chi connectivity index (χ1v) is 6.02. The molecule has 1 amide bonds. The van der Waals surface area contributed by atoms with Crippen LogP contribution in [0.4, 0.5) is 4.79 Å². The van der Waals surface area contributed by atoms with Crippen LogP contribution in [0.1, 0.15) is 48.0 Å². The Kier molecular flexibility index (Phi) is 3.55. The summed E-state index contributed by atoms with van der Waals surface area (Å²) in [6.07, 6.45) is 0.0474. The van der Waals surface area contributed by atoms with Gasteiger partial charge in [0.25, 0.3) is 0 Å². The molecule has 1 atom stereocenters. The number of carbonyl (C=O) groups is 2. The molecule has 0 radical (unpaired) electrons. The van der Waals surface area contributed by atoms with Crippen LogP contribution < -0.4 is 0 Å². The van der Waals surface area contributed by atoms with Gasteiger partial charge in [-0.15, -0.1) is 0 Å². The van der Waals surface area contributed by atoms with Crippen LogP contribution >= 0.6 is 0 Å². The van der Waals surface area contributed by atoms with Crippen molar-refractivity contribution in [3.05, 3.63) is 0 Å². The Balaban J connectivity index is 2.81. The van der Waals surface area contributed by atoms with Crippen molar-refractivity contribution in [1.82, 2.24) is 4.90 Å². The highest BCUT2D eigenvalue weighted by Crippen LogP contribution is 2.32. The van der Waals surface area contributed by atoms with E-state index in [1.165, 1.54) is 0 Å². The zero-order chi connectivity index (χ0) is 13.4. The van der Waals surface area contributed by atoms with E-state index in [1.54, 1.807) is 4.90 Å². The molecule has 4 nitrogen and oxygen atoms in total. The van der Waals surface area contributed by atoms with Gasteiger partial charge in [0.15, 0.2) is 5.78 Å². The summed E-state index contributed by atoms with van der Waals surface area (Å²) in [7, 11) is 0. The lowest BCUT2D eigenvalue weighted by molar-refractivity contribution is -0.117. The third-order valence-corrected chi connectivity index (χ3v) is 2.77. The molecule has 1 unspecified atom stereocenters. The predicted molar refractivity (Wildman–Crippen MR) is 65.8 cm³/mol. The molecule has 0 aliphatic carbocycles. The van der Waals surface area contributed by atoms with Crippen molar-refractivity contribution in [3.63, 3.8) is 0 Å². The summed E-state index contributed by atoms with van der Waals surface area (Å²) in [5, 5.41) is 0.